The number of para-hydroxylation sites is 1. The summed E-state index contributed by atoms with van der Waals surface area (Å²) in [6.45, 7) is 2.15. The molecule has 0 fully saturated rings. The second-order valence-corrected chi connectivity index (χ2v) is 9.07. The van der Waals surface area contributed by atoms with Crippen LogP contribution in [0.15, 0.2) is 71.3 Å². The molecule has 0 saturated carbocycles. The second-order valence-electron chi connectivity index (χ2n) is 7.39. The topological polar surface area (TPSA) is 138 Å². The van der Waals surface area contributed by atoms with Gasteiger partial charge in [0.2, 0.25) is 12.2 Å². The highest BCUT2D eigenvalue weighted by molar-refractivity contribution is 7.92. The highest BCUT2D eigenvalue weighted by atomic mass is 32.2. The first-order valence-electron chi connectivity index (χ1n) is 10.8. The Bertz CT molecular complexity index is 1370. The van der Waals surface area contributed by atoms with Crippen molar-refractivity contribution in [1.82, 2.24) is 9.97 Å². The van der Waals surface area contributed by atoms with E-state index in [9.17, 15) is 13.2 Å². The van der Waals surface area contributed by atoms with Gasteiger partial charge in [0.25, 0.3) is 10.0 Å². The van der Waals surface area contributed by atoms with Crippen molar-refractivity contribution in [3.63, 3.8) is 0 Å². The van der Waals surface area contributed by atoms with Gasteiger partial charge in [-0.2, -0.15) is 9.97 Å². The molecule has 4 rings (SSSR count). The zero-order valence-electron chi connectivity index (χ0n) is 19.7. The number of carbonyl (C=O) groups excluding carboxylic acids is 1. The monoisotopic (exact) mass is 512 g/mol. The van der Waals surface area contributed by atoms with Gasteiger partial charge in [-0.05, 0) is 43.3 Å². The number of hydrogen-bond donors (Lipinski definition) is 2. The number of hydrogen-bond acceptors (Lipinski definition) is 10. The molecule has 2 heterocycles. The van der Waals surface area contributed by atoms with Gasteiger partial charge in [-0.25, -0.2) is 8.42 Å². The number of benzene rings is 2. The average molecular weight is 513 g/mol. The number of sulfonamides is 1. The number of nitrogens with zero attached hydrogens (tertiary/aromatic N) is 2. The zero-order chi connectivity index (χ0) is 25.7. The number of methoxy groups -OCH3 is 2. The van der Waals surface area contributed by atoms with Gasteiger partial charge in [-0.1, -0.05) is 12.1 Å². The summed E-state index contributed by atoms with van der Waals surface area (Å²) in [6.07, 6.45) is 0.635. The summed E-state index contributed by atoms with van der Waals surface area (Å²) in [5.41, 5.74) is 1.28. The van der Waals surface area contributed by atoms with Crippen LogP contribution < -0.4 is 24.2 Å². The molecule has 3 aromatic rings. The van der Waals surface area contributed by atoms with Crippen LogP contribution in [0.2, 0.25) is 0 Å². The average Bonchev–Trinajstić information content (AvgIpc) is 2.88. The number of Topliss-reactive ketones (excluding diaryl/α,β-unsaturated/α-hetero) is 1. The third-order valence-electron chi connectivity index (χ3n) is 5.07. The number of rotatable bonds is 9. The molecular formula is C24H24N4O7S. The first kappa shape index (κ1) is 24.9. The lowest BCUT2D eigenvalue weighted by Gasteiger charge is -2.27. The van der Waals surface area contributed by atoms with Gasteiger partial charge in [0.05, 0.1) is 30.3 Å². The Balaban J connectivity index is 1.52. The molecule has 1 aliphatic rings. The van der Waals surface area contributed by atoms with E-state index >= 15 is 0 Å². The molecule has 2 N–H and O–H groups in total. The summed E-state index contributed by atoms with van der Waals surface area (Å²) in [5.74, 6) is 0.367. The normalized spacial score (nSPS) is 16.1. The summed E-state index contributed by atoms with van der Waals surface area (Å²) in [7, 11) is -1.21. The van der Waals surface area contributed by atoms with Gasteiger partial charge in [0.15, 0.2) is 11.6 Å². The molecule has 12 heteroatoms. The van der Waals surface area contributed by atoms with Crippen LogP contribution in [-0.4, -0.2) is 51.3 Å². The molecule has 0 amide bonds. The minimum absolute atomic E-state index is 0.00422. The van der Waals surface area contributed by atoms with Crippen molar-refractivity contribution in [3.8, 4) is 17.6 Å². The molecular weight excluding hydrogens is 488 g/mol. The van der Waals surface area contributed by atoms with Crippen LogP contribution in [0.25, 0.3) is 0 Å². The largest absolute Gasteiger partial charge is 0.481 e. The van der Waals surface area contributed by atoms with E-state index in [0.29, 0.717) is 29.2 Å². The van der Waals surface area contributed by atoms with Crippen molar-refractivity contribution in [2.24, 2.45) is 0 Å². The van der Waals surface area contributed by atoms with Crippen LogP contribution in [-0.2, 0) is 14.8 Å². The highest BCUT2D eigenvalue weighted by Crippen LogP contribution is 2.31. The molecule has 1 unspecified atom stereocenters. The fourth-order valence-corrected chi connectivity index (χ4v) is 4.34. The summed E-state index contributed by atoms with van der Waals surface area (Å²) < 4.78 is 49.5. The van der Waals surface area contributed by atoms with Gasteiger partial charge in [-0.15, -0.1) is 0 Å². The predicted octanol–water partition coefficient (Wildman–Crippen LogP) is 3.23. The number of fused-ring (bicyclic) bond motifs is 1. The third-order valence-corrected chi connectivity index (χ3v) is 6.44. The standard InChI is InChI=1S/C24H24N4O7S/c1-4-34-23-18(22(29)17-7-5-6-8-19(17)35-23)14-25-15-9-11-16(12-10-15)36(30,31)28-20-13-21(32-2)27-24(26-20)33-3/h5-14,23,25H,4H2,1-3H3,(H,26,27,28)/b18-14-. The first-order chi connectivity index (χ1) is 17.3. The summed E-state index contributed by atoms with van der Waals surface area (Å²) in [6, 6.07) is 14.2. The van der Waals surface area contributed by atoms with Gasteiger partial charge < -0.3 is 24.3 Å². The van der Waals surface area contributed by atoms with Crippen LogP contribution in [0, 0.1) is 0 Å². The smallest absolute Gasteiger partial charge is 0.321 e. The van der Waals surface area contributed by atoms with Crippen LogP contribution in [0.3, 0.4) is 0 Å². The molecule has 1 atom stereocenters. The lowest BCUT2D eigenvalue weighted by atomic mass is 10.00. The predicted molar refractivity (Wildman–Crippen MR) is 131 cm³/mol. The zero-order valence-corrected chi connectivity index (χ0v) is 20.5. The lowest BCUT2D eigenvalue weighted by Crippen LogP contribution is -2.33. The Morgan fingerprint density at radius 3 is 2.50 bits per heavy atom. The maximum Gasteiger partial charge on any atom is 0.321 e. The van der Waals surface area contributed by atoms with Crippen molar-refractivity contribution in [2.75, 3.05) is 30.9 Å². The summed E-state index contributed by atoms with van der Waals surface area (Å²) >= 11 is 0. The molecule has 0 bridgehead atoms. The Morgan fingerprint density at radius 1 is 1.06 bits per heavy atom. The van der Waals surface area contributed by atoms with E-state index in [1.807, 2.05) is 0 Å². The Morgan fingerprint density at radius 2 is 1.81 bits per heavy atom. The van der Waals surface area contributed by atoms with E-state index in [2.05, 4.69) is 20.0 Å². The Kier molecular flexibility index (Phi) is 7.36. The van der Waals surface area contributed by atoms with E-state index in [4.69, 9.17) is 18.9 Å². The molecule has 1 aromatic heterocycles. The first-order valence-corrected chi connectivity index (χ1v) is 12.3. The van der Waals surface area contributed by atoms with Crippen molar-refractivity contribution in [3.05, 3.63) is 71.9 Å². The molecule has 0 aliphatic carbocycles. The molecule has 11 nitrogen and oxygen atoms in total. The molecule has 2 aromatic carbocycles. The van der Waals surface area contributed by atoms with E-state index < -0.39 is 16.3 Å². The number of carbonyl (C=O) groups is 1. The van der Waals surface area contributed by atoms with Crippen molar-refractivity contribution < 1.29 is 32.2 Å². The van der Waals surface area contributed by atoms with E-state index in [-0.39, 0.29) is 28.4 Å². The van der Waals surface area contributed by atoms with Crippen molar-refractivity contribution in [1.29, 1.82) is 0 Å². The molecule has 188 valence electrons. The fourth-order valence-electron chi connectivity index (χ4n) is 3.35. The van der Waals surface area contributed by atoms with Crippen molar-refractivity contribution in [2.45, 2.75) is 18.1 Å². The lowest BCUT2D eigenvalue weighted by molar-refractivity contribution is -0.0509. The van der Waals surface area contributed by atoms with Crippen LogP contribution in [0.5, 0.6) is 17.6 Å². The molecule has 0 radical (unpaired) electrons. The molecule has 0 spiro atoms. The van der Waals surface area contributed by atoms with E-state index in [1.165, 1.54) is 38.6 Å². The van der Waals surface area contributed by atoms with Crippen LogP contribution >= 0.6 is 0 Å². The second kappa shape index (κ2) is 10.6. The van der Waals surface area contributed by atoms with Gasteiger partial charge >= 0.3 is 6.01 Å². The van der Waals surface area contributed by atoms with E-state index in [1.54, 1.807) is 43.3 Å². The van der Waals surface area contributed by atoms with E-state index in [0.717, 1.165) is 0 Å². The molecule has 36 heavy (non-hydrogen) atoms. The Hall–Kier alpha value is -4.16. The van der Waals surface area contributed by atoms with Gasteiger partial charge in [0, 0.05) is 24.6 Å². The quantitative estimate of drug-likeness (QED) is 0.411. The highest BCUT2D eigenvalue weighted by Gasteiger charge is 2.32. The molecule has 0 saturated heterocycles. The number of ether oxygens (including phenoxy) is 4. The number of nitrogens with one attached hydrogen (secondary N) is 2. The number of ketones is 1. The third kappa shape index (κ3) is 5.39. The summed E-state index contributed by atoms with van der Waals surface area (Å²) in [4.78, 5) is 20.9. The van der Waals surface area contributed by atoms with Gasteiger partial charge in [-0.3, -0.25) is 9.52 Å². The maximum absolute atomic E-state index is 13.0. The fraction of sp³-hybridized carbons (Fsp3) is 0.208. The number of aromatic nitrogens is 2. The Labute approximate surface area is 208 Å². The van der Waals surface area contributed by atoms with Crippen LogP contribution in [0.1, 0.15) is 17.3 Å². The minimum atomic E-state index is -3.96. The molecule has 1 aliphatic heterocycles. The maximum atomic E-state index is 13.0. The van der Waals surface area contributed by atoms with Crippen molar-refractivity contribution >= 4 is 27.3 Å². The minimum Gasteiger partial charge on any atom is -0.481 e. The number of anilines is 2. The van der Waals surface area contributed by atoms with Crippen LogP contribution in [0.4, 0.5) is 11.5 Å². The SMILES string of the molecule is CCOC1Oc2ccccc2C(=O)/C1=C/Nc1ccc(S(=O)(=O)Nc2cc(OC)nc(OC)n2)cc1. The summed E-state index contributed by atoms with van der Waals surface area (Å²) in [5, 5.41) is 3.01. The van der Waals surface area contributed by atoms with Gasteiger partial charge in [0.1, 0.15) is 5.75 Å².